The zero-order valence-corrected chi connectivity index (χ0v) is 17.1. The van der Waals surface area contributed by atoms with Gasteiger partial charge < -0.3 is 14.8 Å². The highest BCUT2D eigenvalue weighted by Gasteiger charge is 2.35. The minimum atomic E-state index is -1.03. The van der Waals surface area contributed by atoms with Crippen LogP contribution in [0.25, 0.3) is 0 Å². The van der Waals surface area contributed by atoms with Crippen molar-refractivity contribution in [1.82, 2.24) is 0 Å². The van der Waals surface area contributed by atoms with Gasteiger partial charge in [-0.15, -0.1) is 0 Å². The summed E-state index contributed by atoms with van der Waals surface area (Å²) in [6.07, 6.45) is -1.03. The summed E-state index contributed by atoms with van der Waals surface area (Å²) in [6.45, 7) is 2.97. The first-order valence-corrected chi connectivity index (χ1v) is 9.92. The lowest BCUT2D eigenvalue weighted by molar-refractivity contribution is -0.153. The third-order valence-electron chi connectivity index (χ3n) is 5.11. The molecule has 156 valence electrons. The normalized spacial score (nSPS) is 13.2. The van der Waals surface area contributed by atoms with Gasteiger partial charge in [0.2, 0.25) is 0 Å². The van der Waals surface area contributed by atoms with E-state index in [9.17, 15) is 14.4 Å². The van der Waals surface area contributed by atoms with E-state index in [-0.39, 0.29) is 5.78 Å². The number of nitrogens with one attached hydrogen (secondary N) is 1. The second-order valence-electron chi connectivity index (χ2n) is 7.32. The van der Waals surface area contributed by atoms with Gasteiger partial charge in [-0.3, -0.25) is 14.4 Å². The summed E-state index contributed by atoms with van der Waals surface area (Å²) in [6, 6.07) is 21.1. The van der Waals surface area contributed by atoms with Crippen LogP contribution in [0.2, 0.25) is 0 Å². The van der Waals surface area contributed by atoms with Gasteiger partial charge >= 0.3 is 5.97 Å². The number of benzene rings is 3. The van der Waals surface area contributed by atoms with E-state index >= 15 is 0 Å². The lowest BCUT2D eigenvalue weighted by Gasteiger charge is -2.27. The number of rotatable bonds is 5. The van der Waals surface area contributed by atoms with Crippen molar-refractivity contribution in [2.45, 2.75) is 25.9 Å². The molecule has 0 bridgehead atoms. The van der Waals surface area contributed by atoms with Gasteiger partial charge in [0.05, 0.1) is 0 Å². The monoisotopic (exact) mass is 415 g/mol. The van der Waals surface area contributed by atoms with Gasteiger partial charge in [0.25, 0.3) is 5.91 Å². The quantitative estimate of drug-likeness (QED) is 0.483. The number of anilines is 1. The summed E-state index contributed by atoms with van der Waals surface area (Å²) in [5.74, 6) is -0.654. The third kappa shape index (κ3) is 4.19. The summed E-state index contributed by atoms with van der Waals surface area (Å²) < 4.78 is 11.4. The first kappa shape index (κ1) is 20.3. The maximum atomic E-state index is 13.1. The molecule has 4 rings (SSSR count). The largest absolute Gasteiger partial charge is 0.457 e. The molecule has 3 aromatic rings. The highest BCUT2D eigenvalue weighted by Crippen LogP contribution is 2.44. The van der Waals surface area contributed by atoms with Gasteiger partial charge in [-0.25, -0.2) is 0 Å². The number of hydrogen-bond acceptors (Lipinski definition) is 5. The van der Waals surface area contributed by atoms with Crippen molar-refractivity contribution < 1.29 is 23.9 Å². The van der Waals surface area contributed by atoms with Crippen molar-refractivity contribution in [2.24, 2.45) is 0 Å². The standard InChI is InChI=1S/C25H21NO5/c1-15(27)17-8-7-9-18(14-17)26-24(28)16(2)30-25(29)23-19-10-3-5-12-21(19)31-22-13-6-4-11-20(22)23/h3-14,16,23H,1-2H3,(H,26,28)/t16-/m0/s1. The first-order valence-electron chi connectivity index (χ1n) is 9.92. The maximum Gasteiger partial charge on any atom is 0.318 e. The summed E-state index contributed by atoms with van der Waals surface area (Å²) >= 11 is 0. The number of amides is 1. The van der Waals surface area contributed by atoms with Gasteiger partial charge in [-0.05, 0) is 38.1 Å². The molecular weight excluding hydrogens is 394 g/mol. The summed E-state index contributed by atoms with van der Waals surface area (Å²) in [7, 11) is 0. The Morgan fingerprint density at radius 1 is 0.903 bits per heavy atom. The van der Waals surface area contributed by atoms with Crippen molar-refractivity contribution >= 4 is 23.3 Å². The highest BCUT2D eigenvalue weighted by atomic mass is 16.5. The van der Waals surface area contributed by atoms with Crippen LogP contribution in [-0.4, -0.2) is 23.8 Å². The summed E-state index contributed by atoms with van der Waals surface area (Å²) in [4.78, 5) is 37.3. The third-order valence-corrected chi connectivity index (χ3v) is 5.11. The van der Waals surface area contributed by atoms with Gasteiger partial charge in [-0.1, -0.05) is 48.5 Å². The molecular formula is C25H21NO5. The molecule has 31 heavy (non-hydrogen) atoms. The average Bonchev–Trinajstić information content (AvgIpc) is 2.77. The van der Waals surface area contributed by atoms with E-state index in [1.807, 2.05) is 36.4 Å². The zero-order chi connectivity index (χ0) is 22.0. The van der Waals surface area contributed by atoms with Crippen LogP contribution in [0.15, 0.2) is 72.8 Å². The van der Waals surface area contributed by atoms with E-state index in [0.717, 1.165) is 0 Å². The molecule has 0 aliphatic carbocycles. The number of esters is 1. The number of carbonyl (C=O) groups excluding carboxylic acids is 3. The van der Waals surface area contributed by atoms with Crippen molar-refractivity contribution in [3.8, 4) is 11.5 Å². The van der Waals surface area contributed by atoms with Crippen molar-refractivity contribution in [3.05, 3.63) is 89.5 Å². The Balaban J connectivity index is 1.52. The number of hydrogen-bond donors (Lipinski definition) is 1. The first-order chi connectivity index (χ1) is 14.9. The molecule has 1 aliphatic rings. The fourth-order valence-electron chi connectivity index (χ4n) is 3.52. The molecule has 0 spiro atoms. The summed E-state index contributed by atoms with van der Waals surface area (Å²) in [5.41, 5.74) is 2.32. The van der Waals surface area contributed by atoms with Crippen molar-refractivity contribution in [1.29, 1.82) is 0 Å². The number of ketones is 1. The maximum absolute atomic E-state index is 13.1. The zero-order valence-electron chi connectivity index (χ0n) is 17.1. The van der Waals surface area contributed by atoms with Crippen LogP contribution in [-0.2, 0) is 14.3 Å². The molecule has 3 aromatic carbocycles. The van der Waals surface area contributed by atoms with Crippen LogP contribution in [0.3, 0.4) is 0 Å². The number of ether oxygens (including phenoxy) is 2. The van der Waals surface area contributed by atoms with E-state index in [1.165, 1.54) is 13.8 Å². The SMILES string of the molecule is CC(=O)c1cccc(NC(=O)[C@H](C)OC(=O)C2c3ccccc3Oc3ccccc32)c1. The molecule has 1 atom stereocenters. The predicted octanol–water partition coefficient (Wildman–Crippen LogP) is 4.70. The Morgan fingerprint density at radius 3 is 2.13 bits per heavy atom. The molecule has 0 saturated heterocycles. The molecule has 6 nitrogen and oxygen atoms in total. The fraction of sp³-hybridized carbons (Fsp3) is 0.160. The van der Waals surface area contributed by atoms with Crippen LogP contribution in [0.4, 0.5) is 5.69 Å². The second-order valence-corrected chi connectivity index (χ2v) is 7.32. The molecule has 1 aliphatic heterocycles. The van der Waals surface area contributed by atoms with Crippen LogP contribution in [0, 0.1) is 0 Å². The molecule has 0 unspecified atom stereocenters. The van der Waals surface area contributed by atoms with Gasteiger partial charge in [-0.2, -0.15) is 0 Å². The van der Waals surface area contributed by atoms with E-state index in [0.29, 0.717) is 33.9 Å². The van der Waals surface area contributed by atoms with E-state index in [4.69, 9.17) is 9.47 Å². The fourth-order valence-corrected chi connectivity index (χ4v) is 3.52. The number of para-hydroxylation sites is 2. The average molecular weight is 415 g/mol. The molecule has 0 radical (unpaired) electrons. The minimum absolute atomic E-state index is 0.104. The lowest BCUT2D eigenvalue weighted by Crippen LogP contribution is -2.32. The lowest BCUT2D eigenvalue weighted by atomic mass is 9.88. The smallest absolute Gasteiger partial charge is 0.318 e. The second kappa shape index (κ2) is 8.44. The number of fused-ring (bicyclic) bond motifs is 2. The van der Waals surface area contributed by atoms with E-state index in [1.54, 1.807) is 36.4 Å². The topological polar surface area (TPSA) is 81.7 Å². The van der Waals surface area contributed by atoms with Crippen LogP contribution >= 0.6 is 0 Å². The highest BCUT2D eigenvalue weighted by molar-refractivity contribution is 5.99. The Kier molecular flexibility index (Phi) is 5.54. The molecule has 0 fully saturated rings. The Morgan fingerprint density at radius 2 is 1.52 bits per heavy atom. The molecule has 1 heterocycles. The Hall–Kier alpha value is -3.93. The molecule has 1 amide bonds. The molecule has 6 heteroatoms. The predicted molar refractivity (Wildman–Crippen MR) is 115 cm³/mol. The van der Waals surface area contributed by atoms with Crippen LogP contribution < -0.4 is 10.1 Å². The van der Waals surface area contributed by atoms with Crippen molar-refractivity contribution in [3.63, 3.8) is 0 Å². The minimum Gasteiger partial charge on any atom is -0.457 e. The Labute approximate surface area is 179 Å². The van der Waals surface area contributed by atoms with Gasteiger partial charge in [0.15, 0.2) is 11.9 Å². The Bertz CT molecular complexity index is 1120. The van der Waals surface area contributed by atoms with Gasteiger partial charge in [0, 0.05) is 22.4 Å². The van der Waals surface area contributed by atoms with E-state index in [2.05, 4.69) is 5.32 Å². The van der Waals surface area contributed by atoms with Crippen LogP contribution in [0.5, 0.6) is 11.5 Å². The van der Waals surface area contributed by atoms with E-state index < -0.39 is 23.9 Å². The van der Waals surface area contributed by atoms with Crippen LogP contribution in [0.1, 0.15) is 41.3 Å². The number of carbonyl (C=O) groups is 3. The summed E-state index contributed by atoms with van der Waals surface area (Å²) in [5, 5.41) is 2.69. The molecule has 1 N–H and O–H groups in total. The number of Topliss-reactive ketones (excluding diaryl/α,β-unsaturated/α-hetero) is 1. The van der Waals surface area contributed by atoms with Gasteiger partial charge in [0.1, 0.15) is 17.4 Å². The molecule has 0 saturated carbocycles. The van der Waals surface area contributed by atoms with Crippen molar-refractivity contribution in [2.75, 3.05) is 5.32 Å². The molecule has 0 aromatic heterocycles.